The van der Waals surface area contributed by atoms with E-state index < -0.39 is 6.10 Å². The number of hydrogen-bond donors (Lipinski definition) is 0. The number of rotatable bonds is 48. The zero-order valence-electron chi connectivity index (χ0n) is 43.4. The van der Waals surface area contributed by atoms with Crippen LogP contribution in [0.4, 0.5) is 0 Å². The molecule has 0 bridgehead atoms. The summed E-state index contributed by atoms with van der Waals surface area (Å²) in [5.74, 6) is -0.935. The van der Waals surface area contributed by atoms with Gasteiger partial charge >= 0.3 is 17.9 Å². The highest BCUT2D eigenvalue weighted by molar-refractivity contribution is 5.71. The van der Waals surface area contributed by atoms with E-state index in [2.05, 4.69) is 130 Å². The molecule has 0 aromatic heterocycles. The molecule has 0 aromatic rings. The molecule has 0 rings (SSSR count). The maximum Gasteiger partial charge on any atom is 0.306 e. The van der Waals surface area contributed by atoms with E-state index in [9.17, 15) is 14.4 Å². The zero-order valence-corrected chi connectivity index (χ0v) is 43.4. The van der Waals surface area contributed by atoms with Crippen LogP contribution < -0.4 is 0 Å². The SMILES string of the molecule is CC/C=C\C/C=C\C/C=C\C/C=C\C/C=C\C/C=C\C/C=C\C/C=C\C/C=C\CCCCCC(=O)OCC(COC(=O)CCCCCCCC)OC(=O)CCCCCCCCCCCCCC. The average molecular weight is 929 g/mol. The first kappa shape index (κ1) is 63.1. The van der Waals surface area contributed by atoms with Crippen molar-refractivity contribution in [3.8, 4) is 0 Å². The lowest BCUT2D eigenvalue weighted by Gasteiger charge is -2.18. The van der Waals surface area contributed by atoms with Crippen LogP contribution in [0.15, 0.2) is 109 Å². The first-order valence-electron chi connectivity index (χ1n) is 27.4. The molecule has 6 nitrogen and oxygen atoms in total. The Morgan fingerprint density at radius 1 is 0.313 bits per heavy atom. The van der Waals surface area contributed by atoms with Gasteiger partial charge in [-0.2, -0.15) is 0 Å². The Morgan fingerprint density at radius 3 is 0.910 bits per heavy atom. The lowest BCUT2D eigenvalue weighted by atomic mass is 10.0. The molecular formula is C61H100O6. The number of hydrogen-bond acceptors (Lipinski definition) is 6. The third-order valence-electron chi connectivity index (χ3n) is 11.3. The highest BCUT2D eigenvalue weighted by Gasteiger charge is 2.19. The smallest absolute Gasteiger partial charge is 0.306 e. The fraction of sp³-hybridized carbons (Fsp3) is 0.656. The molecule has 380 valence electrons. The van der Waals surface area contributed by atoms with Gasteiger partial charge < -0.3 is 14.2 Å². The van der Waals surface area contributed by atoms with E-state index in [0.717, 1.165) is 122 Å². The van der Waals surface area contributed by atoms with Crippen LogP contribution in [0.1, 0.15) is 239 Å². The Morgan fingerprint density at radius 2 is 0.582 bits per heavy atom. The van der Waals surface area contributed by atoms with Crippen molar-refractivity contribution in [1.29, 1.82) is 0 Å². The largest absolute Gasteiger partial charge is 0.462 e. The summed E-state index contributed by atoms with van der Waals surface area (Å²) >= 11 is 0. The highest BCUT2D eigenvalue weighted by Crippen LogP contribution is 2.14. The molecular weight excluding hydrogens is 829 g/mol. The van der Waals surface area contributed by atoms with Crippen molar-refractivity contribution in [2.24, 2.45) is 0 Å². The number of ether oxygens (including phenoxy) is 3. The molecule has 0 aliphatic carbocycles. The van der Waals surface area contributed by atoms with E-state index in [0.29, 0.717) is 19.3 Å². The molecule has 0 saturated heterocycles. The van der Waals surface area contributed by atoms with Crippen molar-refractivity contribution in [2.75, 3.05) is 13.2 Å². The van der Waals surface area contributed by atoms with Gasteiger partial charge in [0.15, 0.2) is 6.10 Å². The van der Waals surface area contributed by atoms with Crippen molar-refractivity contribution in [2.45, 2.75) is 245 Å². The van der Waals surface area contributed by atoms with Gasteiger partial charge in [-0.1, -0.05) is 239 Å². The van der Waals surface area contributed by atoms with Crippen LogP contribution in [0.3, 0.4) is 0 Å². The Balaban J connectivity index is 4.19. The summed E-state index contributed by atoms with van der Waals surface area (Å²) in [5, 5.41) is 0. The highest BCUT2D eigenvalue weighted by atomic mass is 16.6. The van der Waals surface area contributed by atoms with Gasteiger partial charge in [-0.15, -0.1) is 0 Å². The number of carbonyl (C=O) groups is 3. The predicted molar refractivity (Wildman–Crippen MR) is 288 cm³/mol. The third kappa shape index (κ3) is 52.9. The van der Waals surface area contributed by atoms with Crippen molar-refractivity contribution >= 4 is 17.9 Å². The van der Waals surface area contributed by atoms with Crippen LogP contribution in [0, 0.1) is 0 Å². The van der Waals surface area contributed by atoms with E-state index in [1.807, 2.05) is 0 Å². The Bertz CT molecular complexity index is 1390. The molecule has 0 N–H and O–H groups in total. The van der Waals surface area contributed by atoms with Gasteiger partial charge in [0.2, 0.25) is 0 Å². The quantitative estimate of drug-likeness (QED) is 0.0262. The van der Waals surface area contributed by atoms with E-state index in [1.54, 1.807) is 0 Å². The third-order valence-corrected chi connectivity index (χ3v) is 11.3. The van der Waals surface area contributed by atoms with Crippen molar-refractivity contribution in [3.05, 3.63) is 109 Å². The van der Waals surface area contributed by atoms with Crippen LogP contribution in [-0.2, 0) is 28.6 Å². The molecule has 0 heterocycles. The van der Waals surface area contributed by atoms with E-state index >= 15 is 0 Å². The molecule has 1 unspecified atom stereocenters. The van der Waals surface area contributed by atoms with Crippen molar-refractivity contribution in [1.82, 2.24) is 0 Å². The first-order chi connectivity index (χ1) is 33.0. The average Bonchev–Trinajstić information content (AvgIpc) is 3.33. The summed E-state index contributed by atoms with van der Waals surface area (Å²) in [4.78, 5) is 37.7. The van der Waals surface area contributed by atoms with Crippen LogP contribution >= 0.6 is 0 Å². The van der Waals surface area contributed by atoms with Gasteiger partial charge in [-0.3, -0.25) is 14.4 Å². The second-order valence-electron chi connectivity index (χ2n) is 17.8. The summed E-state index contributed by atoms with van der Waals surface area (Å²) in [6, 6.07) is 0. The minimum atomic E-state index is -0.786. The lowest BCUT2D eigenvalue weighted by molar-refractivity contribution is -0.167. The molecule has 0 fully saturated rings. The van der Waals surface area contributed by atoms with Gasteiger partial charge in [0.1, 0.15) is 13.2 Å². The van der Waals surface area contributed by atoms with Crippen LogP contribution in [0.2, 0.25) is 0 Å². The van der Waals surface area contributed by atoms with E-state index in [-0.39, 0.29) is 31.1 Å². The van der Waals surface area contributed by atoms with E-state index in [1.165, 1.54) is 77.0 Å². The minimum Gasteiger partial charge on any atom is -0.462 e. The second-order valence-corrected chi connectivity index (χ2v) is 17.8. The van der Waals surface area contributed by atoms with Gasteiger partial charge in [0.05, 0.1) is 0 Å². The summed E-state index contributed by atoms with van der Waals surface area (Å²) in [6.45, 7) is 6.42. The molecule has 1 atom stereocenters. The molecule has 0 amide bonds. The normalized spacial score (nSPS) is 12.9. The van der Waals surface area contributed by atoms with Crippen molar-refractivity contribution in [3.63, 3.8) is 0 Å². The summed E-state index contributed by atoms with van der Waals surface area (Å²) in [7, 11) is 0. The fourth-order valence-electron chi connectivity index (χ4n) is 7.20. The topological polar surface area (TPSA) is 78.9 Å². The number of carbonyl (C=O) groups excluding carboxylic acids is 3. The number of unbranched alkanes of at least 4 members (excludes halogenated alkanes) is 19. The Hall–Kier alpha value is -3.93. The molecule has 0 spiro atoms. The monoisotopic (exact) mass is 929 g/mol. The summed E-state index contributed by atoms with van der Waals surface area (Å²) in [5.41, 5.74) is 0. The van der Waals surface area contributed by atoms with E-state index in [4.69, 9.17) is 14.2 Å². The lowest BCUT2D eigenvalue weighted by Crippen LogP contribution is -2.30. The second kappa shape index (κ2) is 54.7. The standard InChI is InChI=1S/C61H100O6/c1-4-7-10-13-16-18-20-22-23-24-25-26-27-28-29-30-31-32-33-34-35-36-37-38-39-40-42-43-45-48-51-54-60(63)66-57-58(56-65-59(62)53-50-47-15-12-9-6-3)67-61(64)55-52-49-46-44-41-21-19-17-14-11-8-5-2/h7,10,16,18,22-23,25-26,28-29,31-32,34-35,37-38,40,42,58H,4-6,8-9,11-15,17,19-21,24,27,30,33,36,39,41,43-57H2,1-3H3/b10-7-,18-16-,23-22-,26-25-,29-28-,32-31-,35-34-,38-37-,42-40-. The van der Waals surface area contributed by atoms with Crippen LogP contribution in [0.25, 0.3) is 0 Å². The van der Waals surface area contributed by atoms with Gasteiger partial charge in [-0.05, 0) is 89.9 Å². The molecule has 0 radical (unpaired) electrons. The molecule has 0 aliphatic rings. The maximum absolute atomic E-state index is 12.7. The van der Waals surface area contributed by atoms with Crippen LogP contribution in [-0.4, -0.2) is 37.2 Å². The molecule has 6 heteroatoms. The Labute approximate surface area is 412 Å². The maximum atomic E-state index is 12.7. The minimum absolute atomic E-state index is 0.0879. The van der Waals surface area contributed by atoms with Crippen molar-refractivity contribution < 1.29 is 28.6 Å². The molecule has 0 saturated carbocycles. The van der Waals surface area contributed by atoms with Gasteiger partial charge in [0.25, 0.3) is 0 Å². The number of allylic oxidation sites excluding steroid dienone is 18. The predicted octanol–water partition coefficient (Wildman–Crippen LogP) is 18.3. The first-order valence-corrected chi connectivity index (χ1v) is 27.4. The van der Waals surface area contributed by atoms with Gasteiger partial charge in [-0.25, -0.2) is 0 Å². The molecule has 0 aliphatic heterocycles. The summed E-state index contributed by atoms with van der Waals surface area (Å²) < 4.78 is 16.7. The van der Waals surface area contributed by atoms with Gasteiger partial charge in [0, 0.05) is 19.3 Å². The number of esters is 3. The molecule has 0 aromatic carbocycles. The molecule has 67 heavy (non-hydrogen) atoms. The Kier molecular flexibility index (Phi) is 51.5. The van der Waals surface area contributed by atoms with Crippen LogP contribution in [0.5, 0.6) is 0 Å². The summed E-state index contributed by atoms with van der Waals surface area (Å²) in [6.07, 6.45) is 74.0. The fourth-order valence-corrected chi connectivity index (χ4v) is 7.20. The zero-order chi connectivity index (χ0) is 48.6.